The molecule has 0 aromatic heterocycles. The second kappa shape index (κ2) is 9.96. The molecule has 4 aromatic rings. The highest BCUT2D eigenvalue weighted by Crippen LogP contribution is 2.35. The first-order chi connectivity index (χ1) is 16.3. The fourth-order valence-corrected chi connectivity index (χ4v) is 4.42. The van der Waals surface area contributed by atoms with Gasteiger partial charge in [-0.05, 0) is 70.5 Å². The molecule has 0 aliphatic rings. The van der Waals surface area contributed by atoms with E-state index in [2.05, 4.69) is 19.1 Å². The summed E-state index contributed by atoms with van der Waals surface area (Å²) in [6, 6.07) is 20.8. The Morgan fingerprint density at radius 2 is 1.41 bits per heavy atom. The highest BCUT2D eigenvalue weighted by molar-refractivity contribution is 5.83. The molecule has 0 heterocycles. The molecule has 0 aliphatic heterocycles. The largest absolute Gasteiger partial charge is 0.416 e. The zero-order valence-electron chi connectivity index (χ0n) is 18.8. The van der Waals surface area contributed by atoms with E-state index in [0.29, 0.717) is 12.0 Å². The van der Waals surface area contributed by atoms with Crippen molar-refractivity contribution in [1.82, 2.24) is 0 Å². The average Bonchev–Trinajstić information content (AvgIpc) is 2.81. The summed E-state index contributed by atoms with van der Waals surface area (Å²) in [5.41, 5.74) is 0.565. The molecule has 0 fully saturated rings. The maximum atomic E-state index is 15.1. The predicted molar refractivity (Wildman–Crippen MR) is 127 cm³/mol. The Kier molecular flexibility index (Phi) is 7.01. The summed E-state index contributed by atoms with van der Waals surface area (Å²) in [6.45, 7) is 2.07. The Hall–Kier alpha value is -3.21. The summed E-state index contributed by atoms with van der Waals surface area (Å²) in [7, 11) is 0. The summed E-state index contributed by atoms with van der Waals surface area (Å²) >= 11 is 0. The highest BCUT2D eigenvalue weighted by atomic mass is 19.4. The van der Waals surface area contributed by atoms with Crippen molar-refractivity contribution >= 4 is 10.8 Å². The van der Waals surface area contributed by atoms with E-state index >= 15 is 8.78 Å². The van der Waals surface area contributed by atoms with Gasteiger partial charge in [0.2, 0.25) is 0 Å². The van der Waals surface area contributed by atoms with Crippen LogP contribution in [0.3, 0.4) is 0 Å². The third kappa shape index (κ3) is 5.30. The molecule has 0 amide bonds. The number of halogens is 5. The lowest BCUT2D eigenvalue weighted by Gasteiger charge is -2.19. The molecule has 34 heavy (non-hydrogen) atoms. The molecule has 1 atom stereocenters. The van der Waals surface area contributed by atoms with Crippen LogP contribution in [0.1, 0.15) is 48.8 Å². The lowest BCUT2D eigenvalue weighted by atomic mass is 9.86. The lowest BCUT2D eigenvalue weighted by molar-refractivity contribution is -0.137. The van der Waals surface area contributed by atoms with Gasteiger partial charge >= 0.3 is 6.18 Å². The molecule has 0 saturated carbocycles. The number of fused-ring (bicyclic) bond motifs is 1. The van der Waals surface area contributed by atoms with Crippen LogP contribution in [0.2, 0.25) is 0 Å². The molecule has 0 spiro atoms. The topological polar surface area (TPSA) is 0 Å². The van der Waals surface area contributed by atoms with Crippen molar-refractivity contribution in [3.8, 4) is 11.1 Å². The SMILES string of the molecule is CCCCC(Cc1ccc2ccccc2c1)c1cc(F)c(-c2ccc(C(F)(F)F)cc2)c(F)c1. The van der Waals surface area contributed by atoms with Gasteiger partial charge < -0.3 is 0 Å². The van der Waals surface area contributed by atoms with Gasteiger partial charge in [0.25, 0.3) is 0 Å². The van der Waals surface area contributed by atoms with E-state index < -0.39 is 23.4 Å². The van der Waals surface area contributed by atoms with E-state index in [0.717, 1.165) is 59.9 Å². The molecule has 1 unspecified atom stereocenters. The molecule has 5 heteroatoms. The standard InChI is InChI=1S/C29H25F5/c1-2-3-6-23(16-19-9-10-20-7-4-5-8-22(20)15-19)24-17-26(30)28(27(31)18-24)21-11-13-25(14-12-21)29(32,33)34/h4-5,7-15,17-18,23H,2-3,6,16H2,1H3. The van der Waals surface area contributed by atoms with Crippen LogP contribution in [0.25, 0.3) is 21.9 Å². The number of unbranched alkanes of at least 4 members (excludes halogenated alkanes) is 1. The number of rotatable bonds is 7. The van der Waals surface area contributed by atoms with Crippen LogP contribution in [0.15, 0.2) is 78.9 Å². The number of alkyl halides is 3. The number of hydrogen-bond acceptors (Lipinski definition) is 0. The molecule has 176 valence electrons. The minimum Gasteiger partial charge on any atom is -0.206 e. The van der Waals surface area contributed by atoms with E-state index in [1.165, 1.54) is 12.1 Å². The first kappa shape index (κ1) is 23.9. The van der Waals surface area contributed by atoms with Gasteiger partial charge in [-0.2, -0.15) is 13.2 Å². The van der Waals surface area contributed by atoms with Crippen LogP contribution in [0.5, 0.6) is 0 Å². The monoisotopic (exact) mass is 468 g/mol. The summed E-state index contributed by atoms with van der Waals surface area (Å²) in [6.07, 6.45) is -1.20. The predicted octanol–water partition coefficient (Wildman–Crippen LogP) is 9.32. The van der Waals surface area contributed by atoms with Gasteiger partial charge in [-0.3, -0.25) is 0 Å². The fraction of sp³-hybridized carbons (Fsp3) is 0.241. The molecule has 0 nitrogen and oxygen atoms in total. The summed E-state index contributed by atoms with van der Waals surface area (Å²) in [4.78, 5) is 0. The minimum absolute atomic E-state index is 0.0771. The number of benzene rings is 4. The fourth-order valence-electron chi connectivity index (χ4n) is 4.42. The van der Waals surface area contributed by atoms with E-state index in [4.69, 9.17) is 0 Å². The van der Waals surface area contributed by atoms with Crippen molar-refractivity contribution in [2.24, 2.45) is 0 Å². The molecular formula is C29H25F5. The van der Waals surface area contributed by atoms with Crippen molar-refractivity contribution in [2.75, 3.05) is 0 Å². The lowest BCUT2D eigenvalue weighted by Crippen LogP contribution is -2.06. The molecule has 0 bridgehead atoms. The second-order valence-electron chi connectivity index (χ2n) is 8.66. The number of hydrogen-bond donors (Lipinski definition) is 0. The van der Waals surface area contributed by atoms with Gasteiger partial charge in [0.15, 0.2) is 0 Å². The maximum Gasteiger partial charge on any atom is 0.416 e. The zero-order valence-corrected chi connectivity index (χ0v) is 18.8. The van der Waals surface area contributed by atoms with Crippen LogP contribution in [-0.4, -0.2) is 0 Å². The van der Waals surface area contributed by atoms with E-state index in [-0.39, 0.29) is 17.0 Å². The molecular weight excluding hydrogens is 443 g/mol. The van der Waals surface area contributed by atoms with E-state index in [1.807, 2.05) is 30.3 Å². The summed E-state index contributed by atoms with van der Waals surface area (Å²) < 4.78 is 68.7. The first-order valence-electron chi connectivity index (χ1n) is 11.4. The van der Waals surface area contributed by atoms with Gasteiger partial charge in [0.1, 0.15) is 11.6 Å². The third-order valence-corrected chi connectivity index (χ3v) is 6.24. The molecule has 4 rings (SSSR count). The normalized spacial score (nSPS) is 12.8. The Balaban J connectivity index is 1.65. The van der Waals surface area contributed by atoms with Crippen LogP contribution >= 0.6 is 0 Å². The molecule has 0 radical (unpaired) electrons. The molecule has 0 saturated heterocycles. The van der Waals surface area contributed by atoms with Gasteiger partial charge in [-0.25, -0.2) is 8.78 Å². The van der Waals surface area contributed by atoms with Crippen molar-refractivity contribution in [3.05, 3.63) is 107 Å². The maximum absolute atomic E-state index is 15.1. The third-order valence-electron chi connectivity index (χ3n) is 6.24. The van der Waals surface area contributed by atoms with Gasteiger partial charge in [0.05, 0.1) is 11.1 Å². The summed E-state index contributed by atoms with van der Waals surface area (Å²) in [5, 5.41) is 2.25. The average molecular weight is 469 g/mol. The van der Waals surface area contributed by atoms with Crippen molar-refractivity contribution in [2.45, 2.75) is 44.7 Å². The van der Waals surface area contributed by atoms with E-state index in [1.54, 1.807) is 0 Å². The smallest absolute Gasteiger partial charge is 0.206 e. The molecule has 4 aromatic carbocycles. The Labute approximate surface area is 196 Å². The molecule has 0 N–H and O–H groups in total. The van der Waals surface area contributed by atoms with Crippen molar-refractivity contribution in [1.29, 1.82) is 0 Å². The first-order valence-corrected chi connectivity index (χ1v) is 11.4. The van der Waals surface area contributed by atoms with E-state index in [9.17, 15) is 13.2 Å². The Morgan fingerprint density at radius 3 is 2.03 bits per heavy atom. The quantitative estimate of drug-likeness (QED) is 0.237. The minimum atomic E-state index is -4.51. The van der Waals surface area contributed by atoms with Crippen molar-refractivity contribution in [3.63, 3.8) is 0 Å². The summed E-state index contributed by atoms with van der Waals surface area (Å²) in [5.74, 6) is -1.61. The van der Waals surface area contributed by atoms with Crippen LogP contribution < -0.4 is 0 Å². The van der Waals surface area contributed by atoms with Gasteiger partial charge in [-0.15, -0.1) is 0 Å². The Bertz CT molecular complexity index is 1250. The second-order valence-corrected chi connectivity index (χ2v) is 8.66. The van der Waals surface area contributed by atoms with Crippen LogP contribution in [0.4, 0.5) is 22.0 Å². The molecule has 0 aliphatic carbocycles. The van der Waals surface area contributed by atoms with Crippen LogP contribution in [-0.2, 0) is 12.6 Å². The van der Waals surface area contributed by atoms with Crippen molar-refractivity contribution < 1.29 is 22.0 Å². The van der Waals surface area contributed by atoms with Crippen LogP contribution in [0, 0.1) is 11.6 Å². The van der Waals surface area contributed by atoms with Gasteiger partial charge in [0, 0.05) is 0 Å². The Morgan fingerprint density at radius 1 is 0.765 bits per heavy atom. The van der Waals surface area contributed by atoms with Gasteiger partial charge in [-0.1, -0.05) is 74.4 Å². The highest BCUT2D eigenvalue weighted by Gasteiger charge is 2.30. The zero-order chi connectivity index (χ0) is 24.3.